The van der Waals surface area contributed by atoms with E-state index in [1.807, 2.05) is 121 Å². The van der Waals surface area contributed by atoms with Crippen molar-refractivity contribution < 1.29 is 21.7 Å². The van der Waals surface area contributed by atoms with E-state index in [1.54, 1.807) is 0 Å². The minimum Gasteiger partial charge on any atom is -0.199 e. The van der Waals surface area contributed by atoms with E-state index in [4.69, 9.17) is 0 Å². The first-order valence-corrected chi connectivity index (χ1v) is 9.06. The van der Waals surface area contributed by atoms with E-state index in [0.717, 1.165) is 22.3 Å². The van der Waals surface area contributed by atoms with E-state index in [0.29, 0.717) is 0 Å². The molecular formula is C28H28Ti. The Kier molecular flexibility index (Phi) is 15.5. The van der Waals surface area contributed by atoms with Crippen LogP contribution in [0.15, 0.2) is 121 Å². The van der Waals surface area contributed by atoms with Crippen molar-refractivity contribution >= 4 is 0 Å². The SMILES string of the molecule is [CH2-]c1ccccc1.[CH2-]c1ccccc1.[CH2-]c1ccccc1.[CH2-]c1ccccc1.[Ti+4]. The minimum absolute atomic E-state index is 0. The average Bonchev–Trinajstić information content (AvgIpc) is 2.72. The molecule has 4 rings (SSSR count). The summed E-state index contributed by atoms with van der Waals surface area (Å²) in [6, 6.07) is 39.5. The predicted molar refractivity (Wildman–Crippen MR) is 124 cm³/mol. The molecule has 29 heavy (non-hydrogen) atoms. The maximum atomic E-state index is 3.72. The second-order valence-corrected chi connectivity index (χ2v) is 5.94. The summed E-state index contributed by atoms with van der Waals surface area (Å²) in [5.41, 5.74) is 4.29. The summed E-state index contributed by atoms with van der Waals surface area (Å²) in [5.74, 6) is 0. The van der Waals surface area contributed by atoms with Gasteiger partial charge in [0.05, 0.1) is 0 Å². The molecule has 0 amide bonds. The molecule has 0 aromatic heterocycles. The van der Waals surface area contributed by atoms with Gasteiger partial charge >= 0.3 is 21.7 Å². The predicted octanol–water partition coefficient (Wildman–Crippen LogP) is 7.47. The van der Waals surface area contributed by atoms with E-state index >= 15 is 0 Å². The zero-order chi connectivity index (χ0) is 20.5. The van der Waals surface area contributed by atoms with Crippen LogP contribution in [0.4, 0.5) is 0 Å². The van der Waals surface area contributed by atoms with Gasteiger partial charge in [-0.3, -0.25) is 0 Å². The molecule has 144 valence electrons. The Labute approximate surface area is 192 Å². The zero-order valence-corrected chi connectivity index (χ0v) is 18.4. The normalized spacial score (nSPS) is 8.28. The van der Waals surface area contributed by atoms with Crippen molar-refractivity contribution in [3.05, 3.63) is 171 Å². The molecule has 0 fully saturated rings. The number of hydrogen-bond acceptors (Lipinski definition) is 0. The zero-order valence-electron chi connectivity index (χ0n) is 16.9. The molecule has 0 heterocycles. The van der Waals surface area contributed by atoms with Crippen LogP contribution in [0.25, 0.3) is 0 Å². The first-order valence-electron chi connectivity index (χ1n) is 9.06. The van der Waals surface area contributed by atoms with Crippen molar-refractivity contribution in [1.29, 1.82) is 0 Å². The van der Waals surface area contributed by atoms with Gasteiger partial charge in [0.2, 0.25) is 0 Å². The number of hydrogen-bond donors (Lipinski definition) is 0. The van der Waals surface area contributed by atoms with Crippen LogP contribution in [-0.2, 0) is 21.7 Å². The molecule has 0 atom stereocenters. The van der Waals surface area contributed by atoms with Crippen LogP contribution >= 0.6 is 0 Å². The fourth-order valence-corrected chi connectivity index (χ4v) is 1.91. The van der Waals surface area contributed by atoms with Gasteiger partial charge < -0.3 is 0 Å². The summed E-state index contributed by atoms with van der Waals surface area (Å²) in [5, 5.41) is 0. The van der Waals surface area contributed by atoms with Gasteiger partial charge in [0, 0.05) is 0 Å². The molecule has 4 aromatic rings. The van der Waals surface area contributed by atoms with Crippen molar-refractivity contribution in [3.63, 3.8) is 0 Å². The molecule has 0 unspecified atom stereocenters. The summed E-state index contributed by atoms with van der Waals surface area (Å²) < 4.78 is 0. The fraction of sp³-hybridized carbons (Fsp3) is 0. The fourth-order valence-electron chi connectivity index (χ4n) is 1.91. The molecule has 0 N–H and O–H groups in total. The smallest absolute Gasteiger partial charge is 0.199 e. The maximum Gasteiger partial charge on any atom is 4.00 e. The van der Waals surface area contributed by atoms with Gasteiger partial charge in [0.25, 0.3) is 0 Å². The van der Waals surface area contributed by atoms with E-state index in [-0.39, 0.29) is 21.7 Å². The Bertz CT molecular complexity index is 676. The first-order chi connectivity index (χ1) is 13.6. The third-order valence-corrected chi connectivity index (χ3v) is 3.37. The van der Waals surface area contributed by atoms with Gasteiger partial charge in [-0.2, -0.15) is 98.5 Å². The topological polar surface area (TPSA) is 0 Å². The van der Waals surface area contributed by atoms with Gasteiger partial charge in [-0.1, -0.05) is 24.3 Å². The third-order valence-electron chi connectivity index (χ3n) is 3.37. The number of benzene rings is 4. The van der Waals surface area contributed by atoms with Gasteiger partial charge in [-0.25, -0.2) is 0 Å². The van der Waals surface area contributed by atoms with Gasteiger partial charge in [0.15, 0.2) is 0 Å². The summed E-state index contributed by atoms with van der Waals surface area (Å²) in [6.07, 6.45) is 0. The Morgan fingerprint density at radius 1 is 0.276 bits per heavy atom. The van der Waals surface area contributed by atoms with Crippen molar-refractivity contribution in [2.75, 3.05) is 0 Å². The van der Waals surface area contributed by atoms with Gasteiger partial charge in [-0.15, -0.1) is 48.5 Å². The molecule has 0 aliphatic carbocycles. The Morgan fingerprint density at radius 2 is 0.414 bits per heavy atom. The molecule has 0 radical (unpaired) electrons. The number of rotatable bonds is 0. The van der Waals surface area contributed by atoms with Crippen molar-refractivity contribution in [2.24, 2.45) is 0 Å². The van der Waals surface area contributed by atoms with Crippen LogP contribution in [0.5, 0.6) is 0 Å². The standard InChI is InChI=1S/4C7H7.Ti/c4*1-7-5-3-2-4-6-7;/h4*2-6H,1H2;/q4*-1;+4. The van der Waals surface area contributed by atoms with Crippen LogP contribution < -0.4 is 0 Å². The van der Waals surface area contributed by atoms with Crippen molar-refractivity contribution in [2.45, 2.75) is 0 Å². The van der Waals surface area contributed by atoms with Crippen molar-refractivity contribution in [3.8, 4) is 0 Å². The quantitative estimate of drug-likeness (QED) is 0.208. The first kappa shape index (κ1) is 26.1. The van der Waals surface area contributed by atoms with Gasteiger partial charge in [0.1, 0.15) is 0 Å². The minimum atomic E-state index is 0. The summed E-state index contributed by atoms with van der Waals surface area (Å²) in [6.45, 7) is 14.9. The average molecular weight is 412 g/mol. The molecule has 0 aliphatic heterocycles. The molecule has 0 bridgehead atoms. The second-order valence-electron chi connectivity index (χ2n) is 5.94. The molecule has 4 aromatic carbocycles. The molecule has 0 nitrogen and oxygen atoms in total. The molecular weight excluding hydrogens is 384 g/mol. The Balaban J connectivity index is 0.000000356. The van der Waals surface area contributed by atoms with Crippen molar-refractivity contribution in [1.82, 2.24) is 0 Å². The summed E-state index contributed by atoms with van der Waals surface area (Å²) in [4.78, 5) is 0. The molecule has 0 spiro atoms. The van der Waals surface area contributed by atoms with Crippen LogP contribution in [0.3, 0.4) is 0 Å². The largest absolute Gasteiger partial charge is 4.00 e. The van der Waals surface area contributed by atoms with Crippen LogP contribution in [0, 0.1) is 27.7 Å². The van der Waals surface area contributed by atoms with Crippen LogP contribution in [0.1, 0.15) is 22.3 Å². The maximum absolute atomic E-state index is 3.72. The Morgan fingerprint density at radius 3 is 0.483 bits per heavy atom. The third kappa shape index (κ3) is 15.8. The van der Waals surface area contributed by atoms with E-state index in [2.05, 4.69) is 27.7 Å². The molecule has 0 aliphatic rings. The molecule has 1 heteroatoms. The second kappa shape index (κ2) is 17.2. The Hall–Kier alpha value is -2.93. The monoisotopic (exact) mass is 412 g/mol. The van der Waals surface area contributed by atoms with Gasteiger partial charge in [-0.05, 0) is 0 Å². The van der Waals surface area contributed by atoms with Crippen LogP contribution in [-0.4, -0.2) is 0 Å². The molecule has 0 saturated heterocycles. The van der Waals surface area contributed by atoms with E-state index < -0.39 is 0 Å². The van der Waals surface area contributed by atoms with E-state index in [9.17, 15) is 0 Å². The summed E-state index contributed by atoms with van der Waals surface area (Å²) >= 11 is 0. The summed E-state index contributed by atoms with van der Waals surface area (Å²) in [7, 11) is 0. The van der Waals surface area contributed by atoms with Crippen LogP contribution in [0.2, 0.25) is 0 Å². The van der Waals surface area contributed by atoms with E-state index in [1.165, 1.54) is 0 Å². The molecule has 0 saturated carbocycles.